The lowest BCUT2D eigenvalue weighted by Gasteiger charge is -2.05. The Bertz CT molecular complexity index is 772. The molecule has 3 rings (SSSR count). The fourth-order valence-electron chi connectivity index (χ4n) is 2.36. The standard InChI is InChI=1S/C18H17NO4/c1-12-5-7-16(21-2)13(10-12)11-15-18(20)23-17(19-15)8-6-14-4-3-9-22-14/h3-5,7,9-11H,6,8H2,1-2H3/b15-11+. The Morgan fingerprint density at radius 3 is 2.87 bits per heavy atom. The third-order valence-corrected chi connectivity index (χ3v) is 3.51. The van der Waals surface area contributed by atoms with Crippen LogP contribution in [-0.4, -0.2) is 19.0 Å². The van der Waals surface area contributed by atoms with Crippen molar-refractivity contribution in [2.24, 2.45) is 4.99 Å². The Morgan fingerprint density at radius 2 is 2.13 bits per heavy atom. The van der Waals surface area contributed by atoms with Gasteiger partial charge in [-0.3, -0.25) is 0 Å². The number of furan rings is 1. The molecular formula is C18H17NO4. The molecule has 0 radical (unpaired) electrons. The van der Waals surface area contributed by atoms with Crippen LogP contribution in [0.5, 0.6) is 5.75 Å². The van der Waals surface area contributed by atoms with Crippen LogP contribution >= 0.6 is 0 Å². The van der Waals surface area contributed by atoms with Crippen LogP contribution in [0, 0.1) is 6.92 Å². The van der Waals surface area contributed by atoms with Crippen molar-refractivity contribution in [3.05, 3.63) is 59.2 Å². The average Bonchev–Trinajstić information content (AvgIpc) is 3.16. The van der Waals surface area contributed by atoms with Gasteiger partial charge in [0.15, 0.2) is 11.6 Å². The maximum Gasteiger partial charge on any atom is 0.363 e. The van der Waals surface area contributed by atoms with E-state index in [1.165, 1.54) is 0 Å². The van der Waals surface area contributed by atoms with Gasteiger partial charge >= 0.3 is 5.97 Å². The van der Waals surface area contributed by atoms with Crippen LogP contribution in [0.1, 0.15) is 23.3 Å². The summed E-state index contributed by atoms with van der Waals surface area (Å²) in [6, 6.07) is 9.46. The normalized spacial score (nSPS) is 15.7. The van der Waals surface area contributed by atoms with Gasteiger partial charge in [-0.05, 0) is 37.3 Å². The van der Waals surface area contributed by atoms with Crippen LogP contribution in [-0.2, 0) is 16.0 Å². The highest BCUT2D eigenvalue weighted by molar-refractivity contribution is 6.07. The van der Waals surface area contributed by atoms with Crippen molar-refractivity contribution >= 4 is 17.9 Å². The van der Waals surface area contributed by atoms with E-state index in [4.69, 9.17) is 13.9 Å². The number of carbonyl (C=O) groups is 1. The number of aryl methyl sites for hydroxylation is 2. The number of benzene rings is 1. The second-order valence-electron chi connectivity index (χ2n) is 5.25. The Labute approximate surface area is 134 Å². The number of aliphatic imine (C=N–C) groups is 1. The number of nitrogens with zero attached hydrogens (tertiary/aromatic N) is 1. The monoisotopic (exact) mass is 311 g/mol. The van der Waals surface area contributed by atoms with Gasteiger partial charge in [0.05, 0.1) is 13.4 Å². The van der Waals surface area contributed by atoms with Crippen LogP contribution in [0.2, 0.25) is 0 Å². The van der Waals surface area contributed by atoms with Crippen molar-refractivity contribution in [3.8, 4) is 5.75 Å². The molecule has 0 N–H and O–H groups in total. The van der Waals surface area contributed by atoms with Crippen molar-refractivity contribution in [1.29, 1.82) is 0 Å². The number of hydrogen-bond acceptors (Lipinski definition) is 5. The lowest BCUT2D eigenvalue weighted by atomic mass is 10.1. The fraction of sp³-hybridized carbons (Fsp3) is 0.222. The molecule has 1 aromatic carbocycles. The van der Waals surface area contributed by atoms with Gasteiger partial charge in [0.1, 0.15) is 11.5 Å². The van der Waals surface area contributed by atoms with Crippen LogP contribution in [0.3, 0.4) is 0 Å². The van der Waals surface area contributed by atoms with Crippen LogP contribution < -0.4 is 4.74 Å². The third-order valence-electron chi connectivity index (χ3n) is 3.51. The van der Waals surface area contributed by atoms with Crippen LogP contribution in [0.25, 0.3) is 6.08 Å². The quantitative estimate of drug-likeness (QED) is 0.626. The average molecular weight is 311 g/mol. The zero-order chi connectivity index (χ0) is 16.2. The molecule has 0 saturated carbocycles. The number of rotatable bonds is 5. The van der Waals surface area contributed by atoms with Crippen molar-refractivity contribution in [1.82, 2.24) is 0 Å². The molecule has 0 amide bonds. The van der Waals surface area contributed by atoms with Gasteiger partial charge in [-0.1, -0.05) is 11.6 Å². The van der Waals surface area contributed by atoms with Gasteiger partial charge < -0.3 is 13.9 Å². The number of methoxy groups -OCH3 is 1. The minimum absolute atomic E-state index is 0.281. The summed E-state index contributed by atoms with van der Waals surface area (Å²) in [5.74, 6) is 1.49. The molecule has 2 aromatic rings. The number of carbonyl (C=O) groups excluding carboxylic acids is 1. The van der Waals surface area contributed by atoms with E-state index in [1.54, 1.807) is 19.4 Å². The second kappa shape index (κ2) is 6.52. The summed E-state index contributed by atoms with van der Waals surface area (Å²) in [6.07, 6.45) is 4.46. The van der Waals surface area contributed by atoms with E-state index in [-0.39, 0.29) is 5.70 Å². The van der Waals surface area contributed by atoms with Gasteiger partial charge in [0, 0.05) is 18.4 Å². The van der Waals surface area contributed by atoms with Gasteiger partial charge in [-0.15, -0.1) is 0 Å². The summed E-state index contributed by atoms with van der Waals surface area (Å²) >= 11 is 0. The number of hydrogen-bond donors (Lipinski definition) is 0. The van der Waals surface area contributed by atoms with Crippen molar-refractivity contribution in [3.63, 3.8) is 0 Å². The molecular weight excluding hydrogens is 294 g/mol. The van der Waals surface area contributed by atoms with Gasteiger partial charge in [-0.2, -0.15) is 0 Å². The Balaban J connectivity index is 1.79. The predicted octanol–water partition coefficient (Wildman–Crippen LogP) is 3.53. The zero-order valence-corrected chi connectivity index (χ0v) is 13.0. The molecule has 1 aromatic heterocycles. The van der Waals surface area contributed by atoms with E-state index in [0.29, 0.717) is 24.5 Å². The lowest BCUT2D eigenvalue weighted by molar-refractivity contribution is -0.130. The molecule has 5 heteroatoms. The highest BCUT2D eigenvalue weighted by Gasteiger charge is 2.23. The molecule has 0 spiro atoms. The molecule has 1 aliphatic heterocycles. The molecule has 23 heavy (non-hydrogen) atoms. The fourth-order valence-corrected chi connectivity index (χ4v) is 2.36. The topological polar surface area (TPSA) is 61.0 Å². The first-order valence-electron chi connectivity index (χ1n) is 7.34. The first kappa shape index (κ1) is 15.1. The smallest absolute Gasteiger partial charge is 0.363 e. The SMILES string of the molecule is COc1ccc(C)cc1/C=C1/N=C(CCc2ccco2)OC1=O. The summed E-state index contributed by atoms with van der Waals surface area (Å²) < 4.78 is 15.8. The Morgan fingerprint density at radius 1 is 1.26 bits per heavy atom. The maximum absolute atomic E-state index is 12.0. The summed E-state index contributed by atoms with van der Waals surface area (Å²) in [4.78, 5) is 16.2. The van der Waals surface area contributed by atoms with E-state index < -0.39 is 5.97 Å². The zero-order valence-electron chi connectivity index (χ0n) is 13.0. The molecule has 0 saturated heterocycles. The number of esters is 1. The molecule has 5 nitrogen and oxygen atoms in total. The highest BCUT2D eigenvalue weighted by Crippen LogP contribution is 2.25. The molecule has 0 unspecified atom stereocenters. The van der Waals surface area contributed by atoms with E-state index in [1.807, 2.05) is 37.3 Å². The number of cyclic esters (lactones) is 1. The Kier molecular flexibility index (Phi) is 4.28. The second-order valence-corrected chi connectivity index (χ2v) is 5.25. The summed E-state index contributed by atoms with van der Waals surface area (Å²) in [5.41, 5.74) is 2.16. The maximum atomic E-state index is 12.0. The van der Waals surface area contributed by atoms with Gasteiger partial charge in [0.2, 0.25) is 0 Å². The largest absolute Gasteiger partial charge is 0.496 e. The molecule has 1 aliphatic rings. The van der Waals surface area contributed by atoms with E-state index in [0.717, 1.165) is 16.9 Å². The van der Waals surface area contributed by atoms with Crippen LogP contribution in [0.4, 0.5) is 0 Å². The molecule has 118 valence electrons. The van der Waals surface area contributed by atoms with Gasteiger partial charge in [0.25, 0.3) is 0 Å². The van der Waals surface area contributed by atoms with Gasteiger partial charge in [-0.25, -0.2) is 9.79 Å². The minimum Gasteiger partial charge on any atom is -0.496 e. The Hall–Kier alpha value is -2.82. The number of ether oxygens (including phenoxy) is 2. The van der Waals surface area contributed by atoms with Crippen molar-refractivity contribution < 1.29 is 18.7 Å². The minimum atomic E-state index is -0.442. The van der Waals surface area contributed by atoms with E-state index in [2.05, 4.69) is 4.99 Å². The predicted molar refractivity (Wildman–Crippen MR) is 86.3 cm³/mol. The third kappa shape index (κ3) is 3.51. The molecule has 0 aliphatic carbocycles. The molecule has 0 bridgehead atoms. The van der Waals surface area contributed by atoms with E-state index in [9.17, 15) is 4.79 Å². The summed E-state index contributed by atoms with van der Waals surface area (Å²) in [7, 11) is 1.59. The first-order chi connectivity index (χ1) is 11.2. The van der Waals surface area contributed by atoms with Crippen molar-refractivity contribution in [2.45, 2.75) is 19.8 Å². The summed E-state index contributed by atoms with van der Waals surface area (Å²) in [6.45, 7) is 1.98. The van der Waals surface area contributed by atoms with Crippen molar-refractivity contribution in [2.75, 3.05) is 7.11 Å². The highest BCUT2D eigenvalue weighted by atomic mass is 16.6. The first-order valence-corrected chi connectivity index (χ1v) is 7.34. The lowest BCUT2D eigenvalue weighted by Crippen LogP contribution is -2.04. The summed E-state index contributed by atoms with van der Waals surface area (Å²) in [5, 5.41) is 0. The molecule has 0 fully saturated rings. The van der Waals surface area contributed by atoms with Crippen LogP contribution in [0.15, 0.2) is 51.7 Å². The molecule has 0 atom stereocenters. The van der Waals surface area contributed by atoms with E-state index >= 15 is 0 Å². The molecule has 2 heterocycles.